The van der Waals surface area contributed by atoms with Crippen molar-refractivity contribution in [2.45, 2.75) is 19.6 Å². The topological polar surface area (TPSA) is 76.4 Å². The second-order valence-corrected chi connectivity index (χ2v) is 5.40. The van der Waals surface area contributed by atoms with Crippen molar-refractivity contribution in [1.82, 2.24) is 0 Å². The molecule has 27 heavy (non-hydrogen) atoms. The van der Waals surface area contributed by atoms with E-state index in [0.717, 1.165) is 18.2 Å². The second kappa shape index (κ2) is 8.11. The van der Waals surface area contributed by atoms with Gasteiger partial charge >= 0.3 is 12.3 Å². The molecular weight excluding hydrogens is 373 g/mol. The molecule has 0 fully saturated rings. The van der Waals surface area contributed by atoms with Crippen LogP contribution in [0.4, 0.5) is 43.8 Å². The highest BCUT2D eigenvalue weighted by molar-refractivity contribution is 5.90. The van der Waals surface area contributed by atoms with Gasteiger partial charge in [0, 0.05) is 12.6 Å². The minimum atomic E-state index is -4.47. The van der Waals surface area contributed by atoms with E-state index in [1.54, 1.807) is 6.92 Å². The van der Waals surface area contributed by atoms with Crippen molar-refractivity contribution in [2.75, 3.05) is 23.0 Å². The summed E-state index contributed by atoms with van der Waals surface area (Å²) in [5.74, 6) is -2.19. The zero-order chi connectivity index (χ0) is 20.2. The van der Waals surface area contributed by atoms with E-state index in [4.69, 9.17) is 5.73 Å². The molecule has 0 atom stereocenters. The van der Waals surface area contributed by atoms with E-state index in [0.29, 0.717) is 5.56 Å². The normalized spacial score (nSPS) is 11.2. The van der Waals surface area contributed by atoms with Crippen LogP contribution in [-0.2, 0) is 17.5 Å². The van der Waals surface area contributed by atoms with Crippen LogP contribution in [0.25, 0.3) is 0 Å². The molecule has 1 amide bonds. The minimum absolute atomic E-state index is 0.0590. The third-order valence-corrected chi connectivity index (χ3v) is 3.52. The van der Waals surface area contributed by atoms with E-state index >= 15 is 0 Å². The number of carbonyl (C=O) groups excluding carboxylic acids is 1. The molecule has 2 aromatic rings. The van der Waals surface area contributed by atoms with Gasteiger partial charge in [-0.2, -0.15) is 13.2 Å². The van der Waals surface area contributed by atoms with Gasteiger partial charge in [0.25, 0.3) is 0 Å². The van der Waals surface area contributed by atoms with Crippen LogP contribution < -0.4 is 16.4 Å². The summed E-state index contributed by atoms with van der Waals surface area (Å²) in [5, 5.41) is 4.56. The Bertz CT molecular complexity index is 823. The van der Waals surface area contributed by atoms with E-state index in [9.17, 15) is 26.7 Å². The first-order valence-corrected chi connectivity index (χ1v) is 7.74. The average Bonchev–Trinajstić information content (AvgIpc) is 2.59. The zero-order valence-corrected chi connectivity index (χ0v) is 14.1. The summed E-state index contributed by atoms with van der Waals surface area (Å²) in [6.45, 7) is 1.47. The molecule has 0 radical (unpaired) electrons. The molecule has 2 rings (SSSR count). The van der Waals surface area contributed by atoms with Crippen molar-refractivity contribution >= 4 is 23.2 Å². The molecule has 0 aliphatic rings. The van der Waals surface area contributed by atoms with Gasteiger partial charge in [-0.15, -0.1) is 0 Å². The number of ether oxygens (including phenoxy) is 1. The average molecular weight is 389 g/mol. The summed E-state index contributed by atoms with van der Waals surface area (Å²) >= 11 is 0. The summed E-state index contributed by atoms with van der Waals surface area (Å²) in [4.78, 5) is 11.4. The van der Waals surface area contributed by atoms with Crippen LogP contribution in [0.2, 0.25) is 0 Å². The fourth-order valence-electron chi connectivity index (χ4n) is 2.18. The number of hydrogen-bond donors (Lipinski definition) is 3. The lowest BCUT2D eigenvalue weighted by atomic mass is 10.1. The second-order valence-electron chi connectivity index (χ2n) is 5.40. The molecule has 5 nitrogen and oxygen atoms in total. The van der Waals surface area contributed by atoms with Crippen molar-refractivity contribution in [1.29, 1.82) is 0 Å². The molecule has 0 aromatic heterocycles. The molecule has 146 valence electrons. The number of nitrogens with two attached hydrogens (primary N) is 1. The SMILES string of the molecule is CCOC(=O)Nc1cc(F)c(NCc2ccc(C(F)(F)F)cc2)c(F)c1N. The standard InChI is InChI=1S/C17H16F5N3O2/c1-2-27-16(26)25-12-7-11(18)15(13(19)14(12)23)24-8-9-3-5-10(6-4-9)17(20,21)22/h3-7,24H,2,8,23H2,1H3,(H,25,26). The molecule has 0 aliphatic heterocycles. The first kappa shape index (κ1) is 20.3. The maximum Gasteiger partial charge on any atom is 0.416 e. The van der Waals surface area contributed by atoms with E-state index in [1.807, 2.05) is 0 Å². The van der Waals surface area contributed by atoms with Gasteiger partial charge in [-0.3, -0.25) is 5.32 Å². The summed E-state index contributed by atoms with van der Waals surface area (Å²) in [6, 6.07) is 4.91. The zero-order valence-electron chi connectivity index (χ0n) is 14.1. The van der Waals surface area contributed by atoms with E-state index in [2.05, 4.69) is 15.4 Å². The summed E-state index contributed by atoms with van der Waals surface area (Å²) in [7, 11) is 0. The third-order valence-electron chi connectivity index (χ3n) is 3.52. The highest BCUT2D eigenvalue weighted by Gasteiger charge is 2.29. The number of carbonyl (C=O) groups is 1. The Morgan fingerprint density at radius 2 is 1.81 bits per heavy atom. The van der Waals surface area contributed by atoms with Crippen LogP contribution in [0.3, 0.4) is 0 Å². The number of nitrogen functional groups attached to an aromatic ring is 1. The molecular formula is C17H16F5N3O2. The molecule has 0 spiro atoms. The maximum atomic E-state index is 14.3. The van der Waals surface area contributed by atoms with Gasteiger partial charge < -0.3 is 15.8 Å². The quantitative estimate of drug-likeness (QED) is 0.510. The lowest BCUT2D eigenvalue weighted by Gasteiger charge is -2.14. The molecule has 0 aliphatic carbocycles. The van der Waals surface area contributed by atoms with Crippen molar-refractivity contribution in [2.24, 2.45) is 0 Å². The summed E-state index contributed by atoms with van der Waals surface area (Å²) in [6.07, 6.45) is -5.39. The van der Waals surface area contributed by atoms with E-state index in [-0.39, 0.29) is 18.8 Å². The van der Waals surface area contributed by atoms with Crippen LogP contribution in [0.1, 0.15) is 18.1 Å². The smallest absolute Gasteiger partial charge is 0.416 e. The predicted octanol–water partition coefficient (Wildman–Crippen LogP) is 4.75. The lowest BCUT2D eigenvalue weighted by Crippen LogP contribution is -2.16. The first-order valence-electron chi connectivity index (χ1n) is 7.74. The largest absolute Gasteiger partial charge is 0.450 e. The van der Waals surface area contributed by atoms with Crippen molar-refractivity contribution in [3.63, 3.8) is 0 Å². The number of anilines is 3. The number of amides is 1. The summed E-state index contributed by atoms with van der Waals surface area (Å²) < 4.78 is 70.7. The Morgan fingerprint density at radius 1 is 1.19 bits per heavy atom. The van der Waals surface area contributed by atoms with Gasteiger partial charge in [0.2, 0.25) is 0 Å². The number of rotatable bonds is 5. The van der Waals surface area contributed by atoms with Gasteiger partial charge in [0.1, 0.15) is 5.69 Å². The van der Waals surface area contributed by atoms with Crippen LogP contribution in [0, 0.1) is 11.6 Å². The molecule has 0 saturated carbocycles. The van der Waals surface area contributed by atoms with Crippen LogP contribution in [0.5, 0.6) is 0 Å². The molecule has 0 unspecified atom stereocenters. The molecule has 0 heterocycles. The number of nitrogens with one attached hydrogen (secondary N) is 2. The fourth-order valence-corrected chi connectivity index (χ4v) is 2.18. The maximum absolute atomic E-state index is 14.3. The molecule has 0 saturated heterocycles. The molecule has 10 heteroatoms. The molecule has 4 N–H and O–H groups in total. The Labute approximate surface area is 151 Å². The first-order chi connectivity index (χ1) is 12.6. The highest BCUT2D eigenvalue weighted by atomic mass is 19.4. The van der Waals surface area contributed by atoms with Gasteiger partial charge in [0.05, 0.1) is 23.5 Å². The Hall–Kier alpha value is -3.04. The molecule has 0 bridgehead atoms. The monoisotopic (exact) mass is 389 g/mol. The van der Waals surface area contributed by atoms with E-state index < -0.39 is 40.8 Å². The van der Waals surface area contributed by atoms with Crippen molar-refractivity contribution in [3.05, 3.63) is 53.1 Å². The number of halogens is 5. The van der Waals surface area contributed by atoms with Crippen LogP contribution >= 0.6 is 0 Å². The highest BCUT2D eigenvalue weighted by Crippen LogP contribution is 2.32. The molecule has 2 aromatic carbocycles. The van der Waals surface area contributed by atoms with Crippen molar-refractivity contribution < 1.29 is 31.5 Å². The predicted molar refractivity (Wildman–Crippen MR) is 90.2 cm³/mol. The minimum Gasteiger partial charge on any atom is -0.450 e. The van der Waals surface area contributed by atoms with Crippen LogP contribution in [0.15, 0.2) is 30.3 Å². The number of alkyl halides is 3. The van der Waals surface area contributed by atoms with Crippen molar-refractivity contribution in [3.8, 4) is 0 Å². The van der Waals surface area contributed by atoms with Gasteiger partial charge in [-0.25, -0.2) is 13.6 Å². The Balaban J connectivity index is 2.15. The Kier molecular flexibility index (Phi) is 6.09. The van der Waals surface area contributed by atoms with Gasteiger partial charge in [0.15, 0.2) is 11.6 Å². The third kappa shape index (κ3) is 4.99. The van der Waals surface area contributed by atoms with Crippen LogP contribution in [-0.4, -0.2) is 12.7 Å². The van der Waals surface area contributed by atoms with E-state index in [1.165, 1.54) is 12.1 Å². The summed E-state index contributed by atoms with van der Waals surface area (Å²) in [5.41, 5.74) is 3.71. The van der Waals surface area contributed by atoms with Gasteiger partial charge in [-0.05, 0) is 24.6 Å². The lowest BCUT2D eigenvalue weighted by molar-refractivity contribution is -0.137. The van der Waals surface area contributed by atoms with Gasteiger partial charge in [-0.1, -0.05) is 12.1 Å². The number of hydrogen-bond acceptors (Lipinski definition) is 4. The fraction of sp³-hybridized carbons (Fsp3) is 0.235. The Morgan fingerprint density at radius 3 is 2.37 bits per heavy atom. The number of benzene rings is 2.